The summed E-state index contributed by atoms with van der Waals surface area (Å²) in [6.07, 6.45) is 0. The highest BCUT2D eigenvalue weighted by atomic mass is 16.5. The number of aliphatic imine (C=N–C) groups is 2. The van der Waals surface area contributed by atoms with Gasteiger partial charge in [-0.15, -0.1) is 0 Å². The highest BCUT2D eigenvalue weighted by molar-refractivity contribution is 6.51. The molecule has 0 saturated heterocycles. The molecule has 4 aromatic carbocycles. The molecule has 0 saturated carbocycles. The molecule has 8 heteroatoms. The van der Waals surface area contributed by atoms with Crippen molar-refractivity contribution in [2.24, 2.45) is 9.98 Å². The molecule has 0 amide bonds. The van der Waals surface area contributed by atoms with Crippen molar-refractivity contribution in [2.75, 3.05) is 23.9 Å². The third kappa shape index (κ3) is 4.37. The SMILES string of the molecule is CCOc1ccc(NC2=Nc3ccccc3N3C2=Nc2c(c(C)nn2-c2ccccc2)[C@H]3c2ccc(OC)cc2)cc1. The van der Waals surface area contributed by atoms with Crippen molar-refractivity contribution >= 4 is 34.6 Å². The van der Waals surface area contributed by atoms with E-state index >= 15 is 0 Å². The highest BCUT2D eigenvalue weighted by Crippen LogP contribution is 2.48. The molecule has 2 aliphatic heterocycles. The van der Waals surface area contributed by atoms with Crippen LogP contribution in [0.5, 0.6) is 11.5 Å². The number of amidine groups is 2. The Morgan fingerprint density at radius 1 is 0.810 bits per heavy atom. The molecule has 2 aliphatic rings. The predicted octanol–water partition coefficient (Wildman–Crippen LogP) is 7.38. The Morgan fingerprint density at radius 3 is 2.26 bits per heavy atom. The molecule has 5 aromatic rings. The minimum atomic E-state index is -0.204. The van der Waals surface area contributed by atoms with Crippen LogP contribution in [0.15, 0.2) is 113 Å². The molecule has 208 valence electrons. The van der Waals surface area contributed by atoms with Gasteiger partial charge in [0.2, 0.25) is 0 Å². The standard InChI is InChI=1S/C34H30N6O2/c1-4-42-27-20-16-24(17-21-27)35-32-34-37-33-30(22(2)38-40(33)25-10-6-5-7-11-25)31(23-14-18-26(41-3)19-15-23)39(34)29-13-9-8-12-28(29)36-32/h5-21,31H,4H2,1-3H3,(H,35,36)/t31-/m1/s1. The number of benzene rings is 4. The second kappa shape index (κ2) is 10.6. The first-order chi connectivity index (χ1) is 20.6. The van der Waals surface area contributed by atoms with Gasteiger partial charge in [0, 0.05) is 11.3 Å². The van der Waals surface area contributed by atoms with Crippen molar-refractivity contribution in [2.45, 2.75) is 19.9 Å². The van der Waals surface area contributed by atoms with E-state index in [4.69, 9.17) is 24.6 Å². The van der Waals surface area contributed by atoms with Crippen LogP contribution >= 0.6 is 0 Å². The van der Waals surface area contributed by atoms with Gasteiger partial charge in [0.05, 0.1) is 42.5 Å². The van der Waals surface area contributed by atoms with Crippen molar-refractivity contribution in [1.29, 1.82) is 0 Å². The van der Waals surface area contributed by atoms with Crippen LogP contribution in [0.2, 0.25) is 0 Å². The zero-order valence-electron chi connectivity index (χ0n) is 23.7. The number of hydrogen-bond acceptors (Lipinski definition) is 7. The second-order valence-electron chi connectivity index (χ2n) is 10.1. The maximum Gasteiger partial charge on any atom is 0.179 e. The number of rotatable bonds is 6. The van der Waals surface area contributed by atoms with Crippen molar-refractivity contribution in [3.63, 3.8) is 0 Å². The van der Waals surface area contributed by atoms with Gasteiger partial charge in [0.1, 0.15) is 11.5 Å². The number of hydrogen-bond donors (Lipinski definition) is 1. The van der Waals surface area contributed by atoms with E-state index in [9.17, 15) is 0 Å². The van der Waals surface area contributed by atoms with Gasteiger partial charge in [-0.1, -0.05) is 42.5 Å². The Balaban J connectivity index is 1.44. The summed E-state index contributed by atoms with van der Waals surface area (Å²) in [4.78, 5) is 12.6. The highest BCUT2D eigenvalue weighted by Gasteiger charge is 2.41. The second-order valence-corrected chi connectivity index (χ2v) is 10.1. The van der Waals surface area contributed by atoms with E-state index in [-0.39, 0.29) is 6.04 Å². The van der Waals surface area contributed by atoms with Crippen LogP contribution < -0.4 is 19.7 Å². The normalized spacial score (nSPS) is 15.1. The van der Waals surface area contributed by atoms with E-state index in [1.807, 2.05) is 96.5 Å². The number of anilines is 2. The predicted molar refractivity (Wildman–Crippen MR) is 167 cm³/mol. The maximum atomic E-state index is 5.65. The molecule has 8 nitrogen and oxygen atoms in total. The molecule has 1 N–H and O–H groups in total. The fraction of sp³-hybridized carbons (Fsp3) is 0.147. The van der Waals surface area contributed by atoms with Gasteiger partial charge in [-0.25, -0.2) is 14.7 Å². The molecule has 0 aliphatic carbocycles. The zero-order valence-corrected chi connectivity index (χ0v) is 23.7. The number of nitrogens with one attached hydrogen (secondary N) is 1. The fourth-order valence-electron chi connectivity index (χ4n) is 5.59. The van der Waals surface area contributed by atoms with Gasteiger partial charge in [-0.2, -0.15) is 5.10 Å². The molecule has 7 rings (SSSR count). The number of aryl methyl sites for hydroxylation is 1. The molecule has 42 heavy (non-hydrogen) atoms. The van der Waals surface area contributed by atoms with Crippen molar-refractivity contribution in [3.05, 3.63) is 120 Å². The minimum Gasteiger partial charge on any atom is -0.497 e. The van der Waals surface area contributed by atoms with Crippen LogP contribution in [0.1, 0.15) is 29.8 Å². The molecular formula is C34H30N6O2. The Bertz CT molecular complexity index is 1810. The number of nitrogens with zero attached hydrogens (tertiary/aromatic N) is 5. The lowest BCUT2D eigenvalue weighted by molar-refractivity contribution is 0.340. The van der Waals surface area contributed by atoms with E-state index in [0.29, 0.717) is 18.3 Å². The van der Waals surface area contributed by atoms with E-state index in [1.165, 1.54) is 0 Å². The van der Waals surface area contributed by atoms with Crippen LogP contribution in [0.3, 0.4) is 0 Å². The number of ether oxygens (including phenoxy) is 2. The molecule has 1 atom stereocenters. The third-order valence-corrected chi connectivity index (χ3v) is 7.50. The summed E-state index contributed by atoms with van der Waals surface area (Å²) in [5.74, 6) is 3.78. The van der Waals surface area contributed by atoms with Crippen LogP contribution in [-0.2, 0) is 0 Å². The van der Waals surface area contributed by atoms with Gasteiger partial charge in [-0.3, -0.25) is 0 Å². The first-order valence-electron chi connectivity index (χ1n) is 14.0. The molecule has 1 aromatic heterocycles. The Labute approximate surface area is 244 Å². The monoisotopic (exact) mass is 554 g/mol. The molecular weight excluding hydrogens is 524 g/mol. The molecule has 0 fully saturated rings. The maximum absolute atomic E-state index is 5.65. The molecule has 3 heterocycles. The molecule has 0 radical (unpaired) electrons. The largest absolute Gasteiger partial charge is 0.497 e. The first kappa shape index (κ1) is 25.6. The van der Waals surface area contributed by atoms with Crippen LogP contribution in [0, 0.1) is 6.92 Å². The van der Waals surface area contributed by atoms with E-state index in [2.05, 4.69) is 35.3 Å². The summed E-state index contributed by atoms with van der Waals surface area (Å²) >= 11 is 0. The quantitative estimate of drug-likeness (QED) is 0.237. The fourth-order valence-corrected chi connectivity index (χ4v) is 5.59. The summed E-state index contributed by atoms with van der Waals surface area (Å²) in [5.41, 5.74) is 6.73. The molecule has 0 unspecified atom stereocenters. The number of para-hydroxylation sites is 3. The van der Waals surface area contributed by atoms with Gasteiger partial charge in [-0.05, 0) is 80.1 Å². The van der Waals surface area contributed by atoms with E-state index in [1.54, 1.807) is 7.11 Å². The first-order valence-corrected chi connectivity index (χ1v) is 14.0. The smallest absolute Gasteiger partial charge is 0.179 e. The molecule has 0 spiro atoms. The molecule has 0 bridgehead atoms. The van der Waals surface area contributed by atoms with Gasteiger partial charge in [0.25, 0.3) is 0 Å². The minimum absolute atomic E-state index is 0.204. The van der Waals surface area contributed by atoms with Crippen LogP contribution in [0.25, 0.3) is 5.69 Å². The van der Waals surface area contributed by atoms with Gasteiger partial charge < -0.3 is 19.7 Å². The summed E-state index contributed by atoms with van der Waals surface area (Å²) < 4.78 is 13.1. The lowest BCUT2D eigenvalue weighted by Gasteiger charge is -2.40. The lowest BCUT2D eigenvalue weighted by atomic mass is 9.93. The summed E-state index contributed by atoms with van der Waals surface area (Å²) in [6.45, 7) is 4.65. The Kier molecular flexibility index (Phi) is 6.43. The van der Waals surface area contributed by atoms with Crippen molar-refractivity contribution < 1.29 is 9.47 Å². The summed E-state index contributed by atoms with van der Waals surface area (Å²) in [5, 5.41) is 8.56. The number of aromatic nitrogens is 2. The Morgan fingerprint density at radius 2 is 1.52 bits per heavy atom. The van der Waals surface area contributed by atoms with Crippen molar-refractivity contribution in [1.82, 2.24) is 9.78 Å². The van der Waals surface area contributed by atoms with Crippen LogP contribution in [0.4, 0.5) is 22.9 Å². The van der Waals surface area contributed by atoms with Crippen molar-refractivity contribution in [3.8, 4) is 17.2 Å². The van der Waals surface area contributed by atoms with E-state index < -0.39 is 0 Å². The zero-order chi connectivity index (χ0) is 28.6. The average molecular weight is 555 g/mol. The summed E-state index contributed by atoms with van der Waals surface area (Å²) in [6, 6.07) is 34.2. The summed E-state index contributed by atoms with van der Waals surface area (Å²) in [7, 11) is 1.68. The van der Waals surface area contributed by atoms with E-state index in [0.717, 1.165) is 56.9 Å². The third-order valence-electron chi connectivity index (χ3n) is 7.50. The number of fused-ring (bicyclic) bond motifs is 4. The topological polar surface area (TPSA) is 76.3 Å². The Hall–Kier alpha value is -5.37. The lowest BCUT2D eigenvalue weighted by Crippen LogP contribution is -2.46. The van der Waals surface area contributed by atoms with Crippen LogP contribution in [-0.4, -0.2) is 35.2 Å². The van der Waals surface area contributed by atoms with Gasteiger partial charge >= 0.3 is 0 Å². The number of methoxy groups -OCH3 is 1. The van der Waals surface area contributed by atoms with Gasteiger partial charge in [0.15, 0.2) is 17.5 Å². The average Bonchev–Trinajstić information content (AvgIpc) is 3.37.